The highest BCUT2D eigenvalue weighted by Crippen LogP contribution is 2.31. The van der Waals surface area contributed by atoms with Crippen LogP contribution in [0.2, 0.25) is 10.0 Å². The van der Waals surface area contributed by atoms with E-state index in [2.05, 4.69) is 10.6 Å². The van der Waals surface area contributed by atoms with Crippen molar-refractivity contribution >= 4 is 56.2 Å². The molecule has 3 aromatic rings. The highest BCUT2D eigenvalue weighted by atomic mass is 35.5. The summed E-state index contributed by atoms with van der Waals surface area (Å²) in [6.45, 7) is -0.187. The van der Waals surface area contributed by atoms with Crippen molar-refractivity contribution in [2.24, 2.45) is 0 Å². The summed E-state index contributed by atoms with van der Waals surface area (Å²) in [5, 5.41) is 6.48. The summed E-state index contributed by atoms with van der Waals surface area (Å²) < 4.78 is 26.3. The fourth-order valence-corrected chi connectivity index (χ4v) is 5.90. The topological polar surface area (TPSA) is 92.3 Å². The quantitative estimate of drug-likeness (QED) is 0.483. The van der Waals surface area contributed by atoms with E-state index in [-0.39, 0.29) is 18.0 Å². The summed E-state index contributed by atoms with van der Waals surface area (Å²) in [4.78, 5) is 25.0. The van der Waals surface area contributed by atoms with E-state index in [0.717, 1.165) is 0 Å². The van der Waals surface area contributed by atoms with E-state index in [1.807, 2.05) is 0 Å². The zero-order valence-electron chi connectivity index (χ0n) is 16.0. The van der Waals surface area contributed by atoms with Gasteiger partial charge in [0.05, 0.1) is 4.90 Å². The number of carbonyl (C=O) groups excluding carboxylic acids is 2. The van der Waals surface area contributed by atoms with Crippen LogP contribution in [0.25, 0.3) is 0 Å². The van der Waals surface area contributed by atoms with E-state index in [1.54, 1.807) is 41.8 Å². The zero-order valence-corrected chi connectivity index (χ0v) is 19.2. The first-order chi connectivity index (χ1) is 14.8. The smallest absolute Gasteiger partial charge is 0.309 e. The molecule has 0 fully saturated rings. The Labute approximate surface area is 194 Å². The number of nitrogens with one attached hydrogen (secondary N) is 2. The monoisotopic (exact) mass is 496 g/mol. The molecule has 31 heavy (non-hydrogen) atoms. The Kier molecular flexibility index (Phi) is 7.72. The molecule has 2 amide bonds. The van der Waals surface area contributed by atoms with Gasteiger partial charge in [-0.1, -0.05) is 47.5 Å². The summed E-state index contributed by atoms with van der Waals surface area (Å²) in [6, 6.07) is 16.1. The summed E-state index contributed by atoms with van der Waals surface area (Å²) in [7, 11) is -3.84. The van der Waals surface area contributed by atoms with E-state index in [9.17, 15) is 18.0 Å². The molecule has 1 aromatic heterocycles. The van der Waals surface area contributed by atoms with E-state index in [4.69, 9.17) is 23.2 Å². The molecule has 0 saturated carbocycles. The van der Waals surface area contributed by atoms with Gasteiger partial charge < -0.3 is 10.6 Å². The van der Waals surface area contributed by atoms with Crippen LogP contribution < -0.4 is 10.6 Å². The SMILES string of the molecule is O=C(NCc1ccccc1Cl)C(=O)NCC(c1cccs1)S(=O)(=O)c1ccc(Cl)cc1. The molecule has 162 valence electrons. The summed E-state index contributed by atoms with van der Waals surface area (Å²) >= 11 is 13.2. The van der Waals surface area contributed by atoms with Crippen LogP contribution in [-0.4, -0.2) is 26.8 Å². The van der Waals surface area contributed by atoms with Crippen LogP contribution in [-0.2, 0) is 26.0 Å². The van der Waals surface area contributed by atoms with Gasteiger partial charge in [0.1, 0.15) is 5.25 Å². The molecule has 0 spiro atoms. The van der Waals surface area contributed by atoms with Crippen molar-refractivity contribution in [1.29, 1.82) is 0 Å². The molecule has 10 heteroatoms. The number of amides is 2. The normalized spacial score (nSPS) is 12.2. The number of hydrogen-bond donors (Lipinski definition) is 2. The van der Waals surface area contributed by atoms with E-state index in [0.29, 0.717) is 20.5 Å². The molecule has 0 aliphatic rings. The van der Waals surface area contributed by atoms with Crippen LogP contribution in [0.4, 0.5) is 0 Å². The van der Waals surface area contributed by atoms with Crippen molar-refractivity contribution in [3.8, 4) is 0 Å². The average Bonchev–Trinajstić information content (AvgIpc) is 3.27. The minimum atomic E-state index is -3.84. The molecule has 0 aliphatic heterocycles. The molecule has 2 N–H and O–H groups in total. The molecule has 0 bridgehead atoms. The van der Waals surface area contributed by atoms with Crippen LogP contribution in [0.1, 0.15) is 15.7 Å². The maximum atomic E-state index is 13.2. The molecule has 1 unspecified atom stereocenters. The van der Waals surface area contributed by atoms with Crippen LogP contribution in [0.5, 0.6) is 0 Å². The van der Waals surface area contributed by atoms with E-state index in [1.165, 1.54) is 35.6 Å². The van der Waals surface area contributed by atoms with Gasteiger partial charge in [-0.2, -0.15) is 0 Å². The van der Waals surface area contributed by atoms with Gasteiger partial charge >= 0.3 is 11.8 Å². The largest absolute Gasteiger partial charge is 0.346 e. The second-order valence-electron chi connectivity index (χ2n) is 6.49. The van der Waals surface area contributed by atoms with Gasteiger partial charge in [0, 0.05) is 28.0 Å². The number of hydrogen-bond acceptors (Lipinski definition) is 5. The number of halogens is 2. The van der Waals surface area contributed by atoms with Crippen molar-refractivity contribution in [1.82, 2.24) is 10.6 Å². The lowest BCUT2D eigenvalue weighted by atomic mass is 10.2. The molecular formula is C21H18Cl2N2O4S2. The minimum Gasteiger partial charge on any atom is -0.346 e. The maximum Gasteiger partial charge on any atom is 0.309 e. The van der Waals surface area contributed by atoms with Crippen LogP contribution in [0.3, 0.4) is 0 Å². The predicted molar refractivity (Wildman–Crippen MR) is 122 cm³/mol. The van der Waals surface area contributed by atoms with E-state index < -0.39 is 26.9 Å². The Balaban J connectivity index is 1.69. The molecule has 3 rings (SSSR count). The molecule has 0 aliphatic carbocycles. The number of sulfone groups is 1. The van der Waals surface area contributed by atoms with Gasteiger partial charge in [-0.05, 0) is 47.3 Å². The third-order valence-electron chi connectivity index (χ3n) is 4.43. The highest BCUT2D eigenvalue weighted by molar-refractivity contribution is 7.91. The number of thiophene rings is 1. The number of benzene rings is 2. The Morgan fingerprint density at radius 2 is 1.58 bits per heavy atom. The molecule has 2 aromatic carbocycles. The summed E-state index contributed by atoms with van der Waals surface area (Å²) in [5.74, 6) is -1.81. The standard InChI is InChI=1S/C21H18Cl2N2O4S2/c22-15-7-9-16(10-8-15)31(28,29)19(18-6-3-11-30-18)13-25-21(27)20(26)24-12-14-4-1-2-5-17(14)23/h1-11,19H,12-13H2,(H,24,26)(H,25,27). The molecule has 0 saturated heterocycles. The molecule has 6 nitrogen and oxygen atoms in total. The average molecular weight is 497 g/mol. The van der Waals surface area contributed by atoms with Crippen molar-refractivity contribution in [2.75, 3.05) is 6.54 Å². The van der Waals surface area contributed by atoms with Gasteiger partial charge in [-0.25, -0.2) is 8.42 Å². The van der Waals surface area contributed by atoms with Crippen molar-refractivity contribution < 1.29 is 18.0 Å². The van der Waals surface area contributed by atoms with Crippen molar-refractivity contribution in [3.63, 3.8) is 0 Å². The minimum absolute atomic E-state index is 0.0728. The molecule has 0 radical (unpaired) electrons. The Morgan fingerprint density at radius 3 is 2.23 bits per heavy atom. The predicted octanol–water partition coefficient (Wildman–Crippen LogP) is 4.00. The first kappa shape index (κ1) is 23.3. The lowest BCUT2D eigenvalue weighted by Crippen LogP contribution is -2.42. The second-order valence-corrected chi connectivity index (χ2v) is 10.4. The Bertz CT molecular complexity index is 1160. The van der Waals surface area contributed by atoms with E-state index >= 15 is 0 Å². The van der Waals surface area contributed by atoms with Gasteiger partial charge in [0.25, 0.3) is 0 Å². The van der Waals surface area contributed by atoms with Crippen LogP contribution in [0, 0.1) is 0 Å². The van der Waals surface area contributed by atoms with Crippen molar-refractivity contribution in [2.45, 2.75) is 16.7 Å². The van der Waals surface area contributed by atoms with Gasteiger partial charge in [0.2, 0.25) is 0 Å². The lowest BCUT2D eigenvalue weighted by molar-refractivity contribution is -0.139. The first-order valence-electron chi connectivity index (χ1n) is 9.11. The van der Waals surface area contributed by atoms with Crippen LogP contribution in [0.15, 0.2) is 70.9 Å². The highest BCUT2D eigenvalue weighted by Gasteiger charge is 2.31. The van der Waals surface area contributed by atoms with Gasteiger partial charge in [-0.15, -0.1) is 11.3 Å². The maximum absolute atomic E-state index is 13.2. The van der Waals surface area contributed by atoms with Gasteiger partial charge in [0.15, 0.2) is 9.84 Å². The Hall–Kier alpha value is -2.39. The summed E-state index contributed by atoms with van der Waals surface area (Å²) in [5.41, 5.74) is 0.659. The zero-order chi connectivity index (χ0) is 22.4. The first-order valence-corrected chi connectivity index (χ1v) is 12.3. The fraction of sp³-hybridized carbons (Fsp3) is 0.143. The van der Waals surface area contributed by atoms with Crippen LogP contribution >= 0.6 is 34.5 Å². The van der Waals surface area contributed by atoms with Crippen molar-refractivity contribution in [3.05, 3.63) is 86.5 Å². The fourth-order valence-electron chi connectivity index (χ4n) is 2.79. The Morgan fingerprint density at radius 1 is 0.903 bits per heavy atom. The van der Waals surface area contributed by atoms with Gasteiger partial charge in [-0.3, -0.25) is 9.59 Å². The third-order valence-corrected chi connectivity index (χ3v) is 8.28. The molecular weight excluding hydrogens is 479 g/mol. The molecule has 1 heterocycles. The second kappa shape index (κ2) is 10.3. The molecule has 1 atom stereocenters. The summed E-state index contributed by atoms with van der Waals surface area (Å²) in [6.07, 6.45) is 0. The number of rotatable bonds is 7. The lowest BCUT2D eigenvalue weighted by Gasteiger charge is -2.17. The third kappa shape index (κ3) is 5.86. The number of carbonyl (C=O) groups is 2.